The number of aliphatic carboxylic acids is 1. The number of carboxylic acids is 1. The van der Waals surface area contributed by atoms with E-state index in [9.17, 15) is 9.18 Å². The summed E-state index contributed by atoms with van der Waals surface area (Å²) in [6.07, 6.45) is 0.673. The van der Waals surface area contributed by atoms with Gasteiger partial charge < -0.3 is 10.4 Å². The second kappa shape index (κ2) is 6.45. The van der Waals surface area contributed by atoms with E-state index in [1.165, 1.54) is 18.2 Å². The van der Waals surface area contributed by atoms with Gasteiger partial charge in [-0.15, -0.1) is 0 Å². The summed E-state index contributed by atoms with van der Waals surface area (Å²) in [5.41, 5.74) is 0.678. The van der Waals surface area contributed by atoms with Crippen molar-refractivity contribution in [3.63, 3.8) is 0 Å². The number of hydrogen-bond acceptors (Lipinski definition) is 2. The van der Waals surface area contributed by atoms with E-state index < -0.39 is 5.97 Å². The fourth-order valence-corrected chi connectivity index (χ4v) is 1.45. The predicted molar refractivity (Wildman–Crippen MR) is 60.0 cm³/mol. The quantitative estimate of drug-likeness (QED) is 0.757. The van der Waals surface area contributed by atoms with Crippen molar-refractivity contribution >= 4 is 17.6 Å². The lowest BCUT2D eigenvalue weighted by molar-refractivity contribution is -0.137. The van der Waals surface area contributed by atoms with Gasteiger partial charge in [-0.2, -0.15) is 0 Å². The third kappa shape index (κ3) is 4.59. The Morgan fingerprint density at radius 2 is 2.25 bits per heavy atom. The number of nitrogens with one attached hydrogen (secondary N) is 1. The number of benzene rings is 1. The first-order valence-corrected chi connectivity index (χ1v) is 5.34. The standard InChI is InChI=1S/C11H13ClFNO2/c12-10-4-3-9(13)6-8(10)7-14-5-1-2-11(15)16/h3-4,6,14H,1-2,5,7H2,(H,15,16). The molecule has 2 N–H and O–H groups in total. The number of hydrogen-bond donors (Lipinski definition) is 2. The zero-order valence-corrected chi connectivity index (χ0v) is 9.43. The van der Waals surface area contributed by atoms with E-state index in [1.807, 2.05) is 0 Å². The normalized spacial score (nSPS) is 10.4. The third-order valence-corrected chi connectivity index (χ3v) is 2.44. The fraction of sp³-hybridized carbons (Fsp3) is 0.364. The maximum atomic E-state index is 12.9. The molecular formula is C11H13ClFNO2. The smallest absolute Gasteiger partial charge is 0.303 e. The van der Waals surface area contributed by atoms with Crippen molar-refractivity contribution in [2.45, 2.75) is 19.4 Å². The first-order chi connectivity index (χ1) is 7.59. The maximum Gasteiger partial charge on any atom is 0.303 e. The summed E-state index contributed by atoms with van der Waals surface area (Å²) < 4.78 is 12.9. The van der Waals surface area contributed by atoms with Crippen molar-refractivity contribution in [3.8, 4) is 0 Å². The molecule has 0 aromatic heterocycles. The molecule has 0 aliphatic heterocycles. The van der Waals surface area contributed by atoms with Crippen LogP contribution in [0.1, 0.15) is 18.4 Å². The number of rotatable bonds is 6. The van der Waals surface area contributed by atoms with Gasteiger partial charge in [-0.1, -0.05) is 11.6 Å². The van der Waals surface area contributed by atoms with Gasteiger partial charge in [0, 0.05) is 18.0 Å². The van der Waals surface area contributed by atoms with E-state index in [0.29, 0.717) is 30.1 Å². The van der Waals surface area contributed by atoms with Crippen LogP contribution in [0.2, 0.25) is 5.02 Å². The molecule has 0 fully saturated rings. The van der Waals surface area contributed by atoms with Gasteiger partial charge >= 0.3 is 5.97 Å². The predicted octanol–water partition coefficient (Wildman–Crippen LogP) is 2.43. The molecule has 1 aromatic carbocycles. The average molecular weight is 246 g/mol. The Morgan fingerprint density at radius 1 is 1.50 bits per heavy atom. The lowest BCUT2D eigenvalue weighted by Gasteiger charge is -2.06. The molecule has 0 saturated carbocycles. The first kappa shape index (κ1) is 12.9. The van der Waals surface area contributed by atoms with Gasteiger partial charge in [0.2, 0.25) is 0 Å². The highest BCUT2D eigenvalue weighted by atomic mass is 35.5. The molecule has 3 nitrogen and oxygen atoms in total. The summed E-state index contributed by atoms with van der Waals surface area (Å²) in [7, 11) is 0. The minimum atomic E-state index is -0.814. The van der Waals surface area contributed by atoms with Gasteiger partial charge in [-0.05, 0) is 36.7 Å². The molecule has 0 aliphatic carbocycles. The summed E-state index contributed by atoms with van der Waals surface area (Å²) in [6.45, 7) is 1.01. The summed E-state index contributed by atoms with van der Waals surface area (Å²) in [5, 5.41) is 11.9. The van der Waals surface area contributed by atoms with Gasteiger partial charge in [-0.3, -0.25) is 4.79 Å². The molecule has 0 spiro atoms. The Bertz CT molecular complexity index is 371. The number of carbonyl (C=O) groups is 1. The molecule has 0 atom stereocenters. The second-order valence-electron chi connectivity index (χ2n) is 3.41. The molecular weight excluding hydrogens is 233 g/mol. The summed E-state index contributed by atoms with van der Waals surface area (Å²) in [4.78, 5) is 10.2. The van der Waals surface area contributed by atoms with Crippen LogP contribution in [0.15, 0.2) is 18.2 Å². The van der Waals surface area contributed by atoms with Crippen molar-refractivity contribution in [2.75, 3.05) is 6.54 Å². The van der Waals surface area contributed by atoms with Gasteiger partial charge in [0.25, 0.3) is 0 Å². The minimum absolute atomic E-state index is 0.129. The van der Waals surface area contributed by atoms with E-state index in [-0.39, 0.29) is 12.2 Å². The summed E-state index contributed by atoms with van der Waals surface area (Å²) in [6, 6.07) is 4.17. The second-order valence-corrected chi connectivity index (χ2v) is 3.82. The highest BCUT2D eigenvalue weighted by molar-refractivity contribution is 6.31. The van der Waals surface area contributed by atoms with Crippen LogP contribution in [0, 0.1) is 5.82 Å². The number of halogens is 2. The average Bonchev–Trinajstić information content (AvgIpc) is 2.22. The molecule has 1 aromatic rings. The lowest BCUT2D eigenvalue weighted by atomic mass is 10.2. The Balaban J connectivity index is 2.31. The van der Waals surface area contributed by atoms with Crippen molar-refractivity contribution < 1.29 is 14.3 Å². The zero-order chi connectivity index (χ0) is 12.0. The topological polar surface area (TPSA) is 49.3 Å². The van der Waals surface area contributed by atoms with Gasteiger partial charge in [0.1, 0.15) is 5.82 Å². The lowest BCUT2D eigenvalue weighted by Crippen LogP contribution is -2.16. The number of carboxylic acid groups (broad SMARTS) is 1. The molecule has 5 heteroatoms. The molecule has 0 heterocycles. The first-order valence-electron chi connectivity index (χ1n) is 4.96. The summed E-state index contributed by atoms with van der Waals surface area (Å²) >= 11 is 5.86. The van der Waals surface area contributed by atoms with Crippen molar-refractivity contribution in [1.29, 1.82) is 0 Å². The van der Waals surface area contributed by atoms with Crippen LogP contribution in [0.3, 0.4) is 0 Å². The Morgan fingerprint density at radius 3 is 2.94 bits per heavy atom. The van der Waals surface area contributed by atoms with E-state index in [0.717, 1.165) is 0 Å². The van der Waals surface area contributed by atoms with E-state index >= 15 is 0 Å². The molecule has 0 radical (unpaired) electrons. The summed E-state index contributed by atoms with van der Waals surface area (Å²) in [5.74, 6) is -1.14. The van der Waals surface area contributed by atoms with Crippen LogP contribution in [-0.2, 0) is 11.3 Å². The molecule has 0 bridgehead atoms. The van der Waals surface area contributed by atoms with E-state index in [2.05, 4.69) is 5.32 Å². The Hall–Kier alpha value is -1.13. The van der Waals surface area contributed by atoms with Crippen LogP contribution in [0.5, 0.6) is 0 Å². The Labute approximate surface area is 98.2 Å². The molecule has 0 amide bonds. The monoisotopic (exact) mass is 245 g/mol. The Kier molecular flexibility index (Phi) is 5.22. The molecule has 0 aliphatic rings. The SMILES string of the molecule is O=C(O)CCCNCc1cc(F)ccc1Cl. The third-order valence-electron chi connectivity index (χ3n) is 2.07. The van der Waals surface area contributed by atoms with Crippen LogP contribution in [-0.4, -0.2) is 17.6 Å². The van der Waals surface area contributed by atoms with Crippen LogP contribution < -0.4 is 5.32 Å². The van der Waals surface area contributed by atoms with E-state index in [1.54, 1.807) is 0 Å². The molecule has 16 heavy (non-hydrogen) atoms. The largest absolute Gasteiger partial charge is 0.481 e. The van der Waals surface area contributed by atoms with Crippen molar-refractivity contribution in [1.82, 2.24) is 5.32 Å². The molecule has 0 saturated heterocycles. The van der Waals surface area contributed by atoms with Crippen LogP contribution >= 0.6 is 11.6 Å². The van der Waals surface area contributed by atoms with Gasteiger partial charge in [0.15, 0.2) is 0 Å². The molecule has 0 unspecified atom stereocenters. The molecule has 1 rings (SSSR count). The highest BCUT2D eigenvalue weighted by Gasteiger charge is 2.02. The fourth-order valence-electron chi connectivity index (χ4n) is 1.27. The van der Waals surface area contributed by atoms with Crippen LogP contribution in [0.4, 0.5) is 4.39 Å². The van der Waals surface area contributed by atoms with Gasteiger partial charge in [-0.25, -0.2) is 4.39 Å². The molecule has 88 valence electrons. The minimum Gasteiger partial charge on any atom is -0.481 e. The van der Waals surface area contributed by atoms with Gasteiger partial charge in [0.05, 0.1) is 0 Å². The van der Waals surface area contributed by atoms with Crippen LogP contribution in [0.25, 0.3) is 0 Å². The van der Waals surface area contributed by atoms with E-state index in [4.69, 9.17) is 16.7 Å². The zero-order valence-electron chi connectivity index (χ0n) is 8.67. The highest BCUT2D eigenvalue weighted by Crippen LogP contribution is 2.16. The van der Waals surface area contributed by atoms with Crippen molar-refractivity contribution in [3.05, 3.63) is 34.6 Å². The van der Waals surface area contributed by atoms with Crippen molar-refractivity contribution in [2.24, 2.45) is 0 Å². The maximum absolute atomic E-state index is 12.9.